The standard InChI is InChI=1S/C39H32O7.C36H28O6.C33H32O8/c1-2-27(13-28-14-30(8-3-24(1)28)40-18-34-20-42-34)39-37-17-33(11-6-26(37)7-12-38(39)45-23-36-22-44-36)46-32-10-5-25-4-9-31(15-29(25)16-32)41-19-35-21-43-35;1-7-29(37-19-35-21-39-35)13-26-15-31(9-3-23(1)26)41-33-11-5-25-6-12-34(18-28(25)17-33)42-32-10-4-24-2-8-30(14-27(24)16-32)38-20-36-22-40-36;1-5-22(34-12-24-14-36-24)9-28-20(1)3-7-32(40-18-26-16-38-26)30(28)11-31-29-10-23(35-13-25-15-37-25)6-2-21(29)4-8-33(31)41-19-27-17-39-27/h1-17,34-36H,18-23H2;1-18,35-36H,19-22H2;1-10,24-27H,11-19H2. The quantitative estimate of drug-likeness (QED) is 0.0333. The lowest BCUT2D eigenvalue weighted by molar-refractivity contribution is 0.259. The summed E-state index contributed by atoms with van der Waals surface area (Å²) in [5.74, 6) is 12.0. The predicted molar refractivity (Wildman–Crippen MR) is 491 cm³/mol. The largest absolute Gasteiger partial charge is 0.491 e. The molecule has 9 heterocycles. The molecule has 9 atom stereocenters. The van der Waals surface area contributed by atoms with Crippen molar-refractivity contribution >= 4 is 86.2 Å². The molecule has 9 aliphatic heterocycles. The van der Waals surface area contributed by atoms with E-state index in [1.165, 1.54) is 0 Å². The molecule has 9 saturated heterocycles. The number of hydrogen-bond donors (Lipinski definition) is 0. The van der Waals surface area contributed by atoms with Crippen LogP contribution in [-0.4, -0.2) is 174 Å². The molecule has 9 fully saturated rings. The normalized spacial score (nSPS) is 20.2. The molecule has 21 heteroatoms. The van der Waals surface area contributed by atoms with Crippen LogP contribution >= 0.6 is 0 Å². The van der Waals surface area contributed by atoms with Crippen LogP contribution in [0.2, 0.25) is 0 Å². The van der Waals surface area contributed by atoms with E-state index >= 15 is 0 Å². The Labute approximate surface area is 743 Å². The number of epoxide rings is 9. The van der Waals surface area contributed by atoms with Gasteiger partial charge in [0.15, 0.2) is 0 Å². The fourth-order valence-electron chi connectivity index (χ4n) is 15.9. The zero-order valence-electron chi connectivity index (χ0n) is 70.7. The van der Waals surface area contributed by atoms with Crippen molar-refractivity contribution in [2.24, 2.45) is 0 Å². The highest BCUT2D eigenvalue weighted by molar-refractivity contribution is 6.03. The molecule has 9 unspecified atom stereocenters. The summed E-state index contributed by atoms with van der Waals surface area (Å²) in [7, 11) is 0. The summed E-state index contributed by atoms with van der Waals surface area (Å²) < 4.78 is 122. The van der Waals surface area contributed by atoms with E-state index in [1.807, 2.05) is 115 Å². The summed E-state index contributed by atoms with van der Waals surface area (Å²) in [6.07, 6.45) is 2.28. The molecule has 0 radical (unpaired) electrons. The third-order valence-electron chi connectivity index (χ3n) is 23.9. The zero-order valence-corrected chi connectivity index (χ0v) is 70.7. The molecule has 0 aromatic heterocycles. The van der Waals surface area contributed by atoms with Gasteiger partial charge in [0.2, 0.25) is 0 Å². The Bertz CT molecular complexity index is 6600. The second kappa shape index (κ2) is 35.8. The Hall–Kier alpha value is -13.2. The first-order chi connectivity index (χ1) is 63.6. The number of ether oxygens (including phenoxy) is 21. The number of benzene rings is 16. The fourth-order valence-corrected chi connectivity index (χ4v) is 15.9. The molecular formula is C108H92O21. The van der Waals surface area contributed by atoms with Crippen molar-refractivity contribution in [2.45, 2.75) is 61.4 Å². The third-order valence-corrected chi connectivity index (χ3v) is 23.9. The highest BCUT2D eigenvalue weighted by Crippen LogP contribution is 2.45. The van der Waals surface area contributed by atoms with Crippen LogP contribution in [0.25, 0.3) is 97.3 Å². The van der Waals surface area contributed by atoms with Crippen molar-refractivity contribution in [3.05, 3.63) is 284 Å². The second-order valence-corrected chi connectivity index (χ2v) is 34.0. The molecule has 0 aliphatic carbocycles. The molecule has 16 aromatic rings. The first kappa shape index (κ1) is 80.4. The monoisotopic (exact) mass is 1720 g/mol. The summed E-state index contributed by atoms with van der Waals surface area (Å²) in [5, 5.41) is 17.5. The van der Waals surface area contributed by atoms with E-state index in [4.69, 9.17) is 99.5 Å². The molecule has 129 heavy (non-hydrogen) atoms. The van der Waals surface area contributed by atoms with E-state index < -0.39 is 0 Å². The Balaban J connectivity index is 0.000000111. The molecule has 25 rings (SSSR count). The molecule has 9 aliphatic rings. The van der Waals surface area contributed by atoms with Gasteiger partial charge < -0.3 is 99.5 Å². The number of fused-ring (bicyclic) bond motifs is 8. The Morgan fingerprint density at radius 2 is 0.380 bits per heavy atom. The summed E-state index contributed by atoms with van der Waals surface area (Å²) in [6, 6.07) is 92.6. The van der Waals surface area contributed by atoms with E-state index in [0.717, 1.165) is 254 Å². The van der Waals surface area contributed by atoms with Gasteiger partial charge in [-0.1, -0.05) is 103 Å². The second-order valence-electron chi connectivity index (χ2n) is 34.0. The van der Waals surface area contributed by atoms with Crippen LogP contribution < -0.4 is 56.8 Å². The lowest BCUT2D eigenvalue weighted by atomic mass is 9.93. The first-order valence-electron chi connectivity index (χ1n) is 44.3. The molecule has 0 spiro atoms. The van der Waals surface area contributed by atoms with Crippen LogP contribution in [0.15, 0.2) is 273 Å². The van der Waals surface area contributed by atoms with E-state index in [2.05, 4.69) is 158 Å². The molecule has 0 N–H and O–H groups in total. The van der Waals surface area contributed by atoms with Gasteiger partial charge >= 0.3 is 0 Å². The minimum atomic E-state index is 0.144. The van der Waals surface area contributed by atoms with E-state index in [9.17, 15) is 0 Å². The van der Waals surface area contributed by atoms with Crippen LogP contribution in [0.1, 0.15) is 11.1 Å². The number of rotatable bonds is 36. The van der Waals surface area contributed by atoms with E-state index in [-0.39, 0.29) is 54.9 Å². The van der Waals surface area contributed by atoms with E-state index in [1.54, 1.807) is 0 Å². The minimum Gasteiger partial charge on any atom is -0.491 e. The highest BCUT2D eigenvalue weighted by Gasteiger charge is 2.32. The summed E-state index contributed by atoms with van der Waals surface area (Å²) in [4.78, 5) is 0. The molecule has 0 saturated carbocycles. The zero-order chi connectivity index (χ0) is 85.5. The average Bonchev–Trinajstić information content (AvgIpc) is 0.815. The Kier molecular flexibility index (Phi) is 22.3. The maximum atomic E-state index is 6.47. The van der Waals surface area contributed by atoms with Crippen LogP contribution in [0, 0.1) is 0 Å². The molecule has 21 nitrogen and oxygen atoms in total. The van der Waals surface area contributed by atoms with Crippen LogP contribution in [0.3, 0.4) is 0 Å². The lowest BCUT2D eigenvalue weighted by Gasteiger charge is -2.19. The Morgan fingerprint density at radius 1 is 0.178 bits per heavy atom. The summed E-state index contributed by atoms with van der Waals surface area (Å²) >= 11 is 0. The topological polar surface area (TPSA) is 224 Å². The van der Waals surface area contributed by atoms with Gasteiger partial charge in [0.25, 0.3) is 0 Å². The van der Waals surface area contributed by atoms with Gasteiger partial charge in [-0.2, -0.15) is 0 Å². The van der Waals surface area contributed by atoms with Gasteiger partial charge in [-0.15, -0.1) is 0 Å². The smallest absolute Gasteiger partial charge is 0.128 e. The van der Waals surface area contributed by atoms with Gasteiger partial charge in [-0.25, -0.2) is 0 Å². The molecule has 0 amide bonds. The average molecular weight is 1730 g/mol. The van der Waals surface area contributed by atoms with E-state index in [0.29, 0.717) is 65.9 Å². The first-order valence-corrected chi connectivity index (χ1v) is 44.3. The van der Waals surface area contributed by atoms with Crippen LogP contribution in [0.4, 0.5) is 0 Å². The van der Waals surface area contributed by atoms with Crippen molar-refractivity contribution in [3.8, 4) is 97.4 Å². The summed E-state index contributed by atoms with van der Waals surface area (Å²) in [6.45, 7) is 11.8. The lowest BCUT2D eigenvalue weighted by Crippen LogP contribution is -2.09. The van der Waals surface area contributed by atoms with Gasteiger partial charge in [0, 0.05) is 23.1 Å². The minimum absolute atomic E-state index is 0.144. The van der Waals surface area contributed by atoms with Crippen LogP contribution in [-0.2, 0) is 49.1 Å². The van der Waals surface area contributed by atoms with Crippen molar-refractivity contribution in [3.63, 3.8) is 0 Å². The Morgan fingerprint density at radius 3 is 0.674 bits per heavy atom. The predicted octanol–water partition coefficient (Wildman–Crippen LogP) is 20.9. The SMILES string of the molecule is c1cc2ccc(OCC3CO3)c(Cc3c(OCC4CO4)ccc4ccc(OCC5CO5)cc34)c2cc1OCC1CO1.c1cc2ccc(Oc3ccc4ccc(OCC5CO5)c(-c5ccc6ccc(OCC7CO7)cc6c5)c4c3)cc2cc1OCC1CO1.c1cc2ccc(Oc3ccc4ccc(Oc5ccc6ccc(OCC7CO7)cc6c5)cc4c3)cc2cc1OCC1CO1. The maximum Gasteiger partial charge on any atom is 0.128 e. The van der Waals surface area contributed by atoms with Gasteiger partial charge in [-0.05, 0) is 262 Å². The van der Waals surface area contributed by atoms with Crippen molar-refractivity contribution in [2.75, 3.05) is 119 Å². The van der Waals surface area contributed by atoms with Gasteiger partial charge in [0.1, 0.15) is 201 Å². The molecule has 0 bridgehead atoms. The van der Waals surface area contributed by atoms with Crippen LogP contribution in [0.5, 0.6) is 86.2 Å². The molecule has 650 valence electrons. The highest BCUT2D eigenvalue weighted by atomic mass is 16.6. The van der Waals surface area contributed by atoms with Crippen molar-refractivity contribution < 1.29 is 99.5 Å². The van der Waals surface area contributed by atoms with Gasteiger partial charge in [0.05, 0.1) is 59.5 Å². The molecule has 16 aromatic carbocycles. The third kappa shape index (κ3) is 20.5. The maximum absolute atomic E-state index is 6.47. The molecular weight excluding hydrogens is 1630 g/mol. The van der Waals surface area contributed by atoms with Gasteiger partial charge in [-0.3, -0.25) is 0 Å². The summed E-state index contributed by atoms with van der Waals surface area (Å²) in [5.41, 5.74) is 4.23. The number of hydrogen-bond acceptors (Lipinski definition) is 21. The van der Waals surface area contributed by atoms with Crippen molar-refractivity contribution in [1.82, 2.24) is 0 Å². The van der Waals surface area contributed by atoms with Crippen molar-refractivity contribution in [1.29, 1.82) is 0 Å². The fraction of sp³-hybridized carbons (Fsp3) is 0.259.